The van der Waals surface area contributed by atoms with E-state index in [0.717, 1.165) is 33.8 Å². The summed E-state index contributed by atoms with van der Waals surface area (Å²) in [7, 11) is 0. The number of thioether (sulfide) groups is 1. The maximum absolute atomic E-state index is 12.6. The van der Waals surface area contributed by atoms with Gasteiger partial charge in [0.1, 0.15) is 12.1 Å². The molecule has 1 N–H and O–H groups in total. The van der Waals surface area contributed by atoms with E-state index in [1.165, 1.54) is 52.6 Å². The summed E-state index contributed by atoms with van der Waals surface area (Å²) < 4.78 is 42.5. The number of halogens is 3. The number of anilines is 1. The summed E-state index contributed by atoms with van der Waals surface area (Å²) in [5, 5.41) is 5.00. The number of carbonyl (C=O) groups is 1. The fourth-order valence-electron chi connectivity index (χ4n) is 4.83. The molecule has 1 saturated heterocycles. The number of aromatic nitrogens is 3. The minimum atomic E-state index is -4.76. The van der Waals surface area contributed by atoms with E-state index in [0.29, 0.717) is 22.6 Å². The molecule has 220 valence electrons. The van der Waals surface area contributed by atoms with Crippen molar-refractivity contribution >= 4 is 28.6 Å². The highest BCUT2D eigenvalue weighted by Crippen LogP contribution is 2.43. The number of fused-ring (bicyclic) bond motifs is 3. The Balaban J connectivity index is 1.04. The third-order valence-electron chi connectivity index (χ3n) is 6.82. The molecule has 3 heterocycles. The maximum atomic E-state index is 12.6. The van der Waals surface area contributed by atoms with Crippen LogP contribution in [0, 0.1) is 6.92 Å². The monoisotopic (exact) mass is 606 g/mol. The van der Waals surface area contributed by atoms with Gasteiger partial charge < -0.3 is 4.74 Å². The molecule has 6 rings (SSSR count). The van der Waals surface area contributed by atoms with E-state index in [1.807, 2.05) is 24.0 Å². The summed E-state index contributed by atoms with van der Waals surface area (Å²) in [5.74, 6) is 1.14. The Morgan fingerprint density at radius 1 is 1.12 bits per heavy atom. The molecule has 0 spiro atoms. The summed E-state index contributed by atoms with van der Waals surface area (Å²) in [5.41, 5.74) is 8.95. The summed E-state index contributed by atoms with van der Waals surface area (Å²) in [4.78, 5) is 28.6. The van der Waals surface area contributed by atoms with Crippen LogP contribution in [0.3, 0.4) is 0 Å². The van der Waals surface area contributed by atoms with Crippen LogP contribution in [0.4, 0.5) is 23.7 Å². The SMILES string of the molecule is Cc1ccc2c(c1)N1C(=CC2C)CSC1=NC(=O)NOCc1ccc(-c2ncn(-c3ccc(OC(F)(F)F)cc3)n2)cc1. The third kappa shape index (κ3) is 6.42. The lowest BCUT2D eigenvalue weighted by atomic mass is 9.93. The number of aryl methyl sites for hydroxylation is 1. The molecule has 0 bridgehead atoms. The zero-order valence-electron chi connectivity index (χ0n) is 23.0. The van der Waals surface area contributed by atoms with Gasteiger partial charge in [-0.3, -0.25) is 9.74 Å². The number of nitrogens with zero attached hydrogens (tertiary/aromatic N) is 5. The van der Waals surface area contributed by atoms with Crippen molar-refractivity contribution in [3.05, 3.63) is 102 Å². The quantitative estimate of drug-likeness (QED) is 0.239. The molecule has 4 aromatic rings. The first-order valence-corrected chi connectivity index (χ1v) is 14.2. The number of nitrogens with one attached hydrogen (secondary N) is 1. The van der Waals surface area contributed by atoms with E-state index in [-0.39, 0.29) is 12.4 Å². The van der Waals surface area contributed by atoms with Crippen molar-refractivity contribution in [2.24, 2.45) is 4.99 Å². The van der Waals surface area contributed by atoms with Gasteiger partial charge in [-0.05, 0) is 53.9 Å². The average molecular weight is 607 g/mol. The first kappa shape index (κ1) is 28.5. The summed E-state index contributed by atoms with van der Waals surface area (Å²) in [6.45, 7) is 4.33. The van der Waals surface area contributed by atoms with Crippen LogP contribution in [0.5, 0.6) is 5.75 Å². The van der Waals surface area contributed by atoms with Crippen molar-refractivity contribution in [3.8, 4) is 22.8 Å². The predicted molar refractivity (Wildman–Crippen MR) is 157 cm³/mol. The van der Waals surface area contributed by atoms with Crippen molar-refractivity contribution in [2.75, 3.05) is 10.7 Å². The summed E-state index contributed by atoms with van der Waals surface area (Å²) in [6, 6.07) is 18.3. The van der Waals surface area contributed by atoms with Gasteiger partial charge in [0.25, 0.3) is 0 Å². The lowest BCUT2D eigenvalue weighted by Crippen LogP contribution is -2.29. The van der Waals surface area contributed by atoms with Crippen LogP contribution in [0.1, 0.15) is 29.5 Å². The molecule has 0 saturated carbocycles. The Kier molecular flexibility index (Phi) is 7.67. The topological polar surface area (TPSA) is 93.9 Å². The normalized spacial score (nSPS) is 17.0. The standard InChI is InChI=1S/C30H25F3N6O3S/c1-18-3-12-25-19(2)14-23-16-43-29(39(23)26(25)13-18)35-28(40)37-41-15-20-4-6-21(7-5-20)27-34-17-38(36-27)22-8-10-24(11-9-22)42-30(31,32)33/h3-14,17,19H,15-16H2,1-2H3,(H,37,40). The Labute approximate surface area is 249 Å². The van der Waals surface area contributed by atoms with Crippen LogP contribution in [0.15, 0.2) is 89.8 Å². The molecule has 2 amide bonds. The van der Waals surface area contributed by atoms with Crippen molar-refractivity contribution in [2.45, 2.75) is 32.7 Å². The van der Waals surface area contributed by atoms with Gasteiger partial charge in [-0.2, -0.15) is 4.99 Å². The van der Waals surface area contributed by atoms with Crippen molar-refractivity contribution < 1.29 is 27.5 Å². The van der Waals surface area contributed by atoms with Crippen molar-refractivity contribution in [3.63, 3.8) is 0 Å². The van der Waals surface area contributed by atoms with E-state index in [1.54, 1.807) is 12.1 Å². The second kappa shape index (κ2) is 11.6. The third-order valence-corrected chi connectivity index (χ3v) is 7.79. The predicted octanol–water partition coefficient (Wildman–Crippen LogP) is 6.89. The number of urea groups is 1. The second-order valence-corrected chi connectivity index (χ2v) is 10.9. The Morgan fingerprint density at radius 2 is 1.88 bits per heavy atom. The summed E-state index contributed by atoms with van der Waals surface area (Å²) >= 11 is 1.51. The van der Waals surface area contributed by atoms with Crippen molar-refractivity contribution in [1.82, 2.24) is 20.2 Å². The molecule has 3 aromatic carbocycles. The molecular weight excluding hydrogens is 581 g/mol. The number of benzene rings is 3. The number of amidine groups is 1. The highest BCUT2D eigenvalue weighted by molar-refractivity contribution is 8.14. The van der Waals surface area contributed by atoms with Crippen molar-refractivity contribution in [1.29, 1.82) is 0 Å². The zero-order chi connectivity index (χ0) is 30.1. The molecule has 1 atom stereocenters. The fraction of sp³-hybridized carbons (Fsp3) is 0.200. The number of ether oxygens (including phenoxy) is 1. The number of aliphatic imine (C=N–C) groups is 1. The van der Waals surface area contributed by atoms with E-state index < -0.39 is 12.4 Å². The van der Waals surface area contributed by atoms with Gasteiger partial charge in [0.2, 0.25) is 0 Å². The van der Waals surface area contributed by atoms with E-state index in [2.05, 4.69) is 56.5 Å². The van der Waals surface area contributed by atoms with E-state index >= 15 is 0 Å². The van der Waals surface area contributed by atoms with Crippen LogP contribution >= 0.6 is 11.8 Å². The number of amides is 2. The van der Waals surface area contributed by atoms with Crippen LogP contribution in [-0.2, 0) is 11.4 Å². The number of hydrogen-bond donors (Lipinski definition) is 1. The number of allylic oxidation sites excluding steroid dienone is 1. The number of alkyl halides is 3. The Bertz CT molecular complexity index is 1720. The lowest BCUT2D eigenvalue weighted by Gasteiger charge is -2.30. The van der Waals surface area contributed by atoms with Crippen LogP contribution in [-0.4, -0.2) is 38.1 Å². The van der Waals surface area contributed by atoms with Gasteiger partial charge in [-0.25, -0.2) is 19.9 Å². The number of rotatable bonds is 6. The van der Waals surface area contributed by atoms with E-state index in [4.69, 9.17) is 4.84 Å². The smallest absolute Gasteiger partial charge is 0.406 e. The van der Waals surface area contributed by atoms with Gasteiger partial charge in [0.15, 0.2) is 11.0 Å². The molecule has 1 aromatic heterocycles. The molecule has 43 heavy (non-hydrogen) atoms. The highest BCUT2D eigenvalue weighted by Gasteiger charge is 2.33. The van der Waals surface area contributed by atoms with E-state index in [9.17, 15) is 18.0 Å². The van der Waals surface area contributed by atoms with Crippen LogP contribution in [0.2, 0.25) is 0 Å². The zero-order valence-corrected chi connectivity index (χ0v) is 23.8. The first-order valence-electron chi connectivity index (χ1n) is 13.2. The van der Waals surface area contributed by atoms with Gasteiger partial charge in [0.05, 0.1) is 18.0 Å². The second-order valence-electron chi connectivity index (χ2n) is 9.97. The van der Waals surface area contributed by atoms with Crippen LogP contribution in [0.25, 0.3) is 17.1 Å². The molecule has 9 nitrogen and oxygen atoms in total. The molecule has 2 aliphatic rings. The number of hydrogen-bond acceptors (Lipinski definition) is 6. The highest BCUT2D eigenvalue weighted by atomic mass is 32.2. The van der Waals surface area contributed by atoms with Gasteiger partial charge in [0, 0.05) is 22.9 Å². The minimum absolute atomic E-state index is 0.118. The largest absolute Gasteiger partial charge is 0.573 e. The summed E-state index contributed by atoms with van der Waals surface area (Å²) in [6.07, 6.45) is -1.08. The Morgan fingerprint density at radius 3 is 2.63 bits per heavy atom. The first-order chi connectivity index (χ1) is 20.6. The molecule has 2 aliphatic heterocycles. The minimum Gasteiger partial charge on any atom is -0.406 e. The van der Waals surface area contributed by atoms with Crippen LogP contribution < -0.4 is 15.1 Å². The van der Waals surface area contributed by atoms with Gasteiger partial charge in [-0.15, -0.1) is 18.3 Å². The molecule has 0 aliphatic carbocycles. The fourth-order valence-corrected chi connectivity index (χ4v) is 5.82. The maximum Gasteiger partial charge on any atom is 0.573 e. The number of carbonyl (C=O) groups excluding carboxylic acids is 1. The lowest BCUT2D eigenvalue weighted by molar-refractivity contribution is -0.274. The van der Waals surface area contributed by atoms with Gasteiger partial charge >= 0.3 is 12.4 Å². The number of hydroxylamine groups is 1. The molecule has 1 fully saturated rings. The molecule has 13 heteroatoms. The molecular formula is C30H25F3N6O3S. The average Bonchev–Trinajstić information content (AvgIpc) is 3.61. The molecule has 0 radical (unpaired) electrons. The van der Waals surface area contributed by atoms with Gasteiger partial charge in [-0.1, -0.05) is 61.2 Å². The Hall–Kier alpha value is -4.62. The molecule has 1 unspecified atom stereocenters.